The third-order valence-electron chi connectivity index (χ3n) is 1.90. The Morgan fingerprint density at radius 1 is 1.33 bits per heavy atom. The lowest BCUT2D eigenvalue weighted by Gasteiger charge is -2.09. The largest absolute Gasteiger partial charge is 0.468 e. The zero-order chi connectivity index (χ0) is 13.4. The number of esters is 1. The molecule has 0 aliphatic heterocycles. The molecule has 0 heterocycles. The van der Waals surface area contributed by atoms with Gasteiger partial charge in [-0.25, -0.2) is 0 Å². The van der Waals surface area contributed by atoms with Crippen molar-refractivity contribution in [2.45, 2.75) is 6.92 Å². The van der Waals surface area contributed by atoms with Gasteiger partial charge in [-0.1, -0.05) is 0 Å². The summed E-state index contributed by atoms with van der Waals surface area (Å²) in [6.45, 7) is 2.49. The first-order valence-corrected chi connectivity index (χ1v) is 6.10. The van der Waals surface area contributed by atoms with E-state index < -0.39 is 0 Å². The molecule has 0 saturated carbocycles. The zero-order valence-electron chi connectivity index (χ0n) is 10.3. The first kappa shape index (κ1) is 14.9. The Kier molecular flexibility index (Phi) is 6.70. The van der Waals surface area contributed by atoms with Crippen molar-refractivity contribution in [3.8, 4) is 11.5 Å². The van der Waals surface area contributed by atoms with Gasteiger partial charge in [-0.15, -0.1) is 0 Å². The summed E-state index contributed by atoms with van der Waals surface area (Å²) in [5, 5.41) is 0. The van der Waals surface area contributed by atoms with E-state index in [4.69, 9.17) is 18.9 Å². The van der Waals surface area contributed by atoms with Crippen molar-refractivity contribution < 1.29 is 23.7 Å². The summed E-state index contributed by atoms with van der Waals surface area (Å²) in [7, 11) is 1.61. The van der Waals surface area contributed by atoms with Crippen LogP contribution < -0.4 is 9.47 Å². The zero-order valence-corrected chi connectivity index (χ0v) is 11.9. The van der Waals surface area contributed by atoms with Crippen molar-refractivity contribution in [3.63, 3.8) is 0 Å². The van der Waals surface area contributed by atoms with Gasteiger partial charge < -0.3 is 18.9 Å². The van der Waals surface area contributed by atoms with E-state index in [2.05, 4.69) is 15.9 Å². The van der Waals surface area contributed by atoms with Gasteiger partial charge in [0.05, 0.1) is 17.7 Å². The Morgan fingerprint density at radius 2 is 2.11 bits per heavy atom. The molecule has 0 saturated heterocycles. The van der Waals surface area contributed by atoms with Crippen LogP contribution in [0.2, 0.25) is 0 Å². The molecular weight excluding hydrogens is 304 g/mol. The van der Waals surface area contributed by atoms with E-state index in [9.17, 15) is 4.79 Å². The minimum absolute atomic E-state index is 0.142. The van der Waals surface area contributed by atoms with Crippen LogP contribution in [-0.4, -0.2) is 33.1 Å². The fraction of sp³-hybridized carbons (Fsp3) is 0.417. The highest BCUT2D eigenvalue weighted by Gasteiger charge is 2.05. The molecule has 0 aliphatic rings. The predicted octanol–water partition coefficient (Wildman–Crippen LogP) is 2.37. The first-order valence-electron chi connectivity index (χ1n) is 5.31. The number of carbonyl (C=O) groups is 1. The lowest BCUT2D eigenvalue weighted by molar-refractivity contribution is -0.131. The Morgan fingerprint density at radius 3 is 2.72 bits per heavy atom. The van der Waals surface area contributed by atoms with E-state index in [0.717, 1.165) is 0 Å². The molecule has 0 atom stereocenters. The van der Waals surface area contributed by atoms with Crippen LogP contribution in [-0.2, 0) is 14.3 Å². The second-order valence-electron chi connectivity index (χ2n) is 3.35. The van der Waals surface area contributed by atoms with Gasteiger partial charge in [0.25, 0.3) is 0 Å². The Balaban J connectivity index is 2.43. The molecule has 0 bridgehead atoms. The summed E-state index contributed by atoms with van der Waals surface area (Å²) in [4.78, 5) is 10.8. The molecule has 6 heteroatoms. The third-order valence-corrected chi connectivity index (χ3v) is 2.52. The Hall–Kier alpha value is -1.11. The minimum atomic E-state index is -0.368. The first-order chi connectivity index (χ1) is 8.63. The highest BCUT2D eigenvalue weighted by atomic mass is 79.9. The monoisotopic (exact) mass is 318 g/mol. The summed E-state index contributed by atoms with van der Waals surface area (Å²) in [5.74, 6) is 0.706. The van der Waals surface area contributed by atoms with Crippen LogP contribution in [0.1, 0.15) is 6.92 Å². The van der Waals surface area contributed by atoms with Gasteiger partial charge in [-0.05, 0) is 34.1 Å². The maximum atomic E-state index is 10.8. The van der Waals surface area contributed by atoms with E-state index in [0.29, 0.717) is 29.2 Å². The van der Waals surface area contributed by atoms with E-state index in [-0.39, 0.29) is 12.8 Å². The van der Waals surface area contributed by atoms with Crippen molar-refractivity contribution in [3.05, 3.63) is 22.7 Å². The Bertz CT molecular complexity index is 394. The van der Waals surface area contributed by atoms with Crippen molar-refractivity contribution in [2.75, 3.05) is 27.1 Å². The van der Waals surface area contributed by atoms with Crippen LogP contribution in [0, 0.1) is 0 Å². The lowest BCUT2D eigenvalue weighted by Crippen LogP contribution is -2.08. The van der Waals surface area contributed by atoms with Gasteiger partial charge in [0.2, 0.25) is 0 Å². The van der Waals surface area contributed by atoms with Gasteiger partial charge in [0, 0.05) is 14.0 Å². The number of hydrogen-bond acceptors (Lipinski definition) is 5. The minimum Gasteiger partial charge on any atom is -0.468 e. The van der Waals surface area contributed by atoms with Crippen LogP contribution in [0.3, 0.4) is 0 Å². The summed E-state index contributed by atoms with van der Waals surface area (Å²) in [6, 6.07) is 5.05. The number of methoxy groups -OCH3 is 1. The summed E-state index contributed by atoms with van der Waals surface area (Å²) >= 11 is 3.29. The second kappa shape index (κ2) is 8.07. The van der Waals surface area contributed by atoms with Crippen molar-refractivity contribution in [2.24, 2.45) is 0 Å². The normalized spacial score (nSPS) is 10.2. The fourth-order valence-corrected chi connectivity index (χ4v) is 1.56. The Labute approximate surface area is 114 Å². The molecule has 0 radical (unpaired) electrons. The van der Waals surface area contributed by atoms with Gasteiger partial charge in [0.1, 0.15) is 11.5 Å². The van der Waals surface area contributed by atoms with Crippen LogP contribution >= 0.6 is 15.9 Å². The molecule has 1 aromatic rings. The highest BCUT2D eigenvalue weighted by molar-refractivity contribution is 9.10. The SMILES string of the molecule is COCCOCOc1ccc(OC(C)=O)c(Br)c1. The van der Waals surface area contributed by atoms with Gasteiger partial charge in [-0.2, -0.15) is 0 Å². The molecule has 0 aromatic heterocycles. The van der Waals surface area contributed by atoms with Crippen LogP contribution in [0.25, 0.3) is 0 Å². The van der Waals surface area contributed by atoms with E-state index in [1.165, 1.54) is 6.92 Å². The second-order valence-corrected chi connectivity index (χ2v) is 4.20. The third kappa shape index (κ3) is 5.48. The number of benzene rings is 1. The van der Waals surface area contributed by atoms with Crippen LogP contribution in [0.15, 0.2) is 22.7 Å². The fourth-order valence-electron chi connectivity index (χ4n) is 1.12. The molecule has 0 fully saturated rings. The maximum absolute atomic E-state index is 10.8. The van der Waals surface area contributed by atoms with Gasteiger partial charge >= 0.3 is 5.97 Å². The smallest absolute Gasteiger partial charge is 0.308 e. The molecule has 18 heavy (non-hydrogen) atoms. The van der Waals surface area contributed by atoms with Crippen LogP contribution in [0.4, 0.5) is 0 Å². The van der Waals surface area contributed by atoms with E-state index >= 15 is 0 Å². The maximum Gasteiger partial charge on any atom is 0.308 e. The van der Waals surface area contributed by atoms with Crippen molar-refractivity contribution >= 4 is 21.9 Å². The number of rotatable bonds is 7. The molecule has 0 spiro atoms. The number of ether oxygens (including phenoxy) is 4. The molecule has 5 nitrogen and oxygen atoms in total. The topological polar surface area (TPSA) is 54.0 Å². The highest BCUT2D eigenvalue weighted by Crippen LogP contribution is 2.29. The number of halogens is 1. The quantitative estimate of drug-likeness (QED) is 0.334. The number of carbonyl (C=O) groups excluding carboxylic acids is 1. The average Bonchev–Trinajstić information content (AvgIpc) is 2.32. The van der Waals surface area contributed by atoms with Gasteiger partial charge in [-0.3, -0.25) is 4.79 Å². The predicted molar refractivity (Wildman–Crippen MR) is 68.8 cm³/mol. The summed E-state index contributed by atoms with van der Waals surface area (Å²) in [6.07, 6.45) is 0. The molecule has 0 unspecified atom stereocenters. The molecule has 0 N–H and O–H groups in total. The van der Waals surface area contributed by atoms with Crippen molar-refractivity contribution in [1.82, 2.24) is 0 Å². The van der Waals surface area contributed by atoms with Crippen LogP contribution in [0.5, 0.6) is 11.5 Å². The molecule has 0 amide bonds. The summed E-state index contributed by atoms with van der Waals surface area (Å²) in [5.41, 5.74) is 0. The number of hydrogen-bond donors (Lipinski definition) is 0. The lowest BCUT2D eigenvalue weighted by atomic mass is 10.3. The molecule has 0 aliphatic carbocycles. The average molecular weight is 319 g/mol. The molecule has 1 rings (SSSR count). The molecular formula is C12H15BrO5. The molecule has 100 valence electrons. The van der Waals surface area contributed by atoms with Gasteiger partial charge in [0.15, 0.2) is 6.79 Å². The van der Waals surface area contributed by atoms with E-state index in [1.807, 2.05) is 0 Å². The van der Waals surface area contributed by atoms with Crippen molar-refractivity contribution in [1.29, 1.82) is 0 Å². The van der Waals surface area contributed by atoms with E-state index in [1.54, 1.807) is 25.3 Å². The standard InChI is InChI=1S/C12H15BrO5/c1-9(14)18-12-4-3-10(7-11(12)13)17-8-16-6-5-15-2/h3-4,7H,5-6,8H2,1-2H3. The summed E-state index contributed by atoms with van der Waals surface area (Å²) < 4.78 is 21.0. The molecule has 1 aromatic carbocycles.